The molecule has 1 aromatic carbocycles. The van der Waals surface area contributed by atoms with E-state index in [0.29, 0.717) is 16.6 Å². The Morgan fingerprint density at radius 3 is 2.14 bits per heavy atom. The number of nitrogens with zero attached hydrogens (tertiary/aromatic N) is 4. The number of imidazole rings is 1. The number of ether oxygens (including phenoxy) is 2. The summed E-state index contributed by atoms with van der Waals surface area (Å²) in [7, 11) is 4.28. The van der Waals surface area contributed by atoms with Crippen LogP contribution >= 0.6 is 0 Å². The van der Waals surface area contributed by atoms with Crippen LogP contribution in [0, 0.1) is 0 Å². The Morgan fingerprint density at radius 2 is 1.62 bits per heavy atom. The van der Waals surface area contributed by atoms with Crippen LogP contribution in [0.1, 0.15) is 31.5 Å². The van der Waals surface area contributed by atoms with E-state index in [0.717, 1.165) is 19.2 Å². The van der Waals surface area contributed by atoms with Crippen LogP contribution in [-0.2, 0) is 7.05 Å². The van der Waals surface area contributed by atoms with Crippen molar-refractivity contribution in [3.63, 3.8) is 0 Å². The monoisotopic (exact) mass is 615 g/mol. The molecule has 2 heterocycles. The molecule has 0 aliphatic rings. The zero-order valence-corrected chi connectivity index (χ0v) is 22.6. The Morgan fingerprint density at radius 1 is 0.976 bits per heavy atom. The van der Waals surface area contributed by atoms with Crippen LogP contribution in [-0.4, -0.2) is 70.8 Å². The number of benzene rings is 1. The number of amides is 2. The minimum absolute atomic E-state index is 0.0236. The number of urea groups is 1. The largest absolute Gasteiger partial charge is 0.494 e. The van der Waals surface area contributed by atoms with Crippen molar-refractivity contribution in [1.29, 1.82) is 0 Å². The highest BCUT2D eigenvalue weighted by Crippen LogP contribution is 2.42. The summed E-state index contributed by atoms with van der Waals surface area (Å²) in [5.41, 5.74) is 0.611. The Kier molecular flexibility index (Phi) is 9.41. The number of aryl methyl sites for hydroxylation is 1. The van der Waals surface area contributed by atoms with Crippen molar-refractivity contribution in [3.05, 3.63) is 36.4 Å². The van der Waals surface area contributed by atoms with Crippen molar-refractivity contribution in [2.24, 2.45) is 7.05 Å². The van der Waals surface area contributed by atoms with E-state index in [2.05, 4.69) is 9.97 Å². The number of methoxy groups -OCH3 is 2. The first kappa shape index (κ1) is 32.6. The minimum atomic E-state index is -5.36. The molecule has 0 bridgehead atoms. The number of nitrogens with one attached hydrogen (secondary N) is 1. The molecule has 2 amide bonds. The van der Waals surface area contributed by atoms with E-state index in [4.69, 9.17) is 9.47 Å². The van der Waals surface area contributed by atoms with Gasteiger partial charge in [-0.2, -0.15) is 39.5 Å². The number of fused-ring (bicyclic) bond motifs is 1. The molecule has 232 valence electrons. The quantitative estimate of drug-likeness (QED) is 0.276. The number of aromatic nitrogens is 3. The van der Waals surface area contributed by atoms with Gasteiger partial charge in [-0.1, -0.05) is 0 Å². The Labute approximate surface area is 233 Å². The summed E-state index contributed by atoms with van der Waals surface area (Å²) in [6.07, 6.45) is -16.7. The molecule has 0 aliphatic carbocycles. The van der Waals surface area contributed by atoms with Crippen molar-refractivity contribution >= 4 is 17.1 Å². The third kappa shape index (κ3) is 7.28. The summed E-state index contributed by atoms with van der Waals surface area (Å²) in [4.78, 5) is 20.8. The zero-order chi connectivity index (χ0) is 31.6. The summed E-state index contributed by atoms with van der Waals surface area (Å²) in [5.74, 6) is 0.308. The average molecular weight is 615 g/mol. The molecule has 3 rings (SSSR count). The van der Waals surface area contributed by atoms with Gasteiger partial charge in [-0.3, -0.25) is 4.98 Å². The fraction of sp³-hybridized carbons (Fsp3) is 0.480. The zero-order valence-electron chi connectivity index (χ0n) is 22.6. The third-order valence-electron chi connectivity index (χ3n) is 6.35. The molecule has 0 aliphatic heterocycles. The van der Waals surface area contributed by atoms with Crippen molar-refractivity contribution in [1.82, 2.24) is 24.8 Å². The van der Waals surface area contributed by atoms with E-state index >= 15 is 0 Å². The van der Waals surface area contributed by atoms with Crippen LogP contribution in [0.5, 0.6) is 11.5 Å². The van der Waals surface area contributed by atoms with Gasteiger partial charge < -0.3 is 24.3 Å². The van der Waals surface area contributed by atoms with Crippen LogP contribution in [0.2, 0.25) is 0 Å². The lowest BCUT2D eigenvalue weighted by Gasteiger charge is -2.34. The number of halogens is 9. The van der Waals surface area contributed by atoms with E-state index in [9.17, 15) is 44.3 Å². The molecule has 8 nitrogen and oxygen atoms in total. The first-order chi connectivity index (χ1) is 19.4. The lowest BCUT2D eigenvalue weighted by molar-refractivity contribution is -0.182. The topological polar surface area (TPSA) is 81.5 Å². The van der Waals surface area contributed by atoms with Crippen LogP contribution in [0.15, 0.2) is 30.7 Å². The number of carbonyl (C=O) groups is 1. The second kappa shape index (κ2) is 12.1. The van der Waals surface area contributed by atoms with Gasteiger partial charge in [-0.05, 0) is 37.1 Å². The van der Waals surface area contributed by atoms with Crippen LogP contribution < -0.4 is 14.8 Å². The number of pyridine rings is 1. The minimum Gasteiger partial charge on any atom is -0.494 e. The number of alkyl halides is 9. The first-order valence-corrected chi connectivity index (χ1v) is 12.2. The predicted octanol–water partition coefficient (Wildman–Crippen LogP) is 6.56. The number of hydrogen-bond acceptors (Lipinski definition) is 5. The van der Waals surface area contributed by atoms with Crippen molar-refractivity contribution in [2.45, 2.75) is 50.4 Å². The molecular weight excluding hydrogens is 589 g/mol. The molecule has 0 fully saturated rings. The van der Waals surface area contributed by atoms with Crippen LogP contribution in [0.25, 0.3) is 22.2 Å². The standard InChI is InChI=1S/C25H26F9N5O3/c1-5-39(22(40)37-19(24(29,30)31)6-7-23(26,27)28)21(25(32,33)34)15-10-14(18(42-4)11-35-15)13-8-16-20(17(9-13)41-3)36-12-38(16)2/h8-12,19,21H,5-7H2,1-4H3,(H,37,40). The Hall–Kier alpha value is -3.92. The van der Waals surface area contributed by atoms with Gasteiger partial charge in [0, 0.05) is 25.6 Å². The highest BCUT2D eigenvalue weighted by Gasteiger charge is 2.49. The third-order valence-corrected chi connectivity index (χ3v) is 6.35. The summed E-state index contributed by atoms with van der Waals surface area (Å²) >= 11 is 0. The van der Waals surface area contributed by atoms with Gasteiger partial charge in [0.2, 0.25) is 0 Å². The summed E-state index contributed by atoms with van der Waals surface area (Å²) in [6, 6.07) is -3.75. The van der Waals surface area contributed by atoms with E-state index in [1.165, 1.54) is 31.9 Å². The molecule has 0 saturated carbocycles. The summed E-state index contributed by atoms with van der Waals surface area (Å²) in [5, 5.41) is 1.29. The Balaban J connectivity index is 2.09. The lowest BCUT2D eigenvalue weighted by atomic mass is 10.0. The van der Waals surface area contributed by atoms with Gasteiger partial charge in [-0.25, -0.2) is 9.78 Å². The molecule has 0 spiro atoms. The Bertz CT molecular complexity index is 1400. The van der Waals surface area contributed by atoms with E-state index < -0.39 is 61.7 Å². The van der Waals surface area contributed by atoms with E-state index in [1.54, 1.807) is 17.7 Å². The number of carbonyl (C=O) groups excluding carboxylic acids is 1. The van der Waals surface area contributed by atoms with Crippen molar-refractivity contribution in [2.75, 3.05) is 20.8 Å². The smallest absolute Gasteiger partial charge is 0.414 e. The van der Waals surface area contributed by atoms with Gasteiger partial charge in [0.1, 0.15) is 23.1 Å². The maximum atomic E-state index is 14.4. The SMILES string of the molecule is CCN(C(=O)NC(CCC(F)(F)F)C(F)(F)F)C(c1cc(-c2cc(OC)c3ncn(C)c3c2)c(OC)cn1)C(F)(F)F. The van der Waals surface area contributed by atoms with Crippen molar-refractivity contribution < 1.29 is 53.8 Å². The maximum absolute atomic E-state index is 14.4. The van der Waals surface area contributed by atoms with Gasteiger partial charge >= 0.3 is 24.6 Å². The molecule has 1 N–H and O–H groups in total. The lowest BCUT2D eigenvalue weighted by Crippen LogP contribution is -2.53. The highest BCUT2D eigenvalue weighted by atomic mass is 19.4. The fourth-order valence-corrected chi connectivity index (χ4v) is 4.31. The van der Waals surface area contributed by atoms with E-state index in [1.807, 2.05) is 0 Å². The summed E-state index contributed by atoms with van der Waals surface area (Å²) < 4.78 is 134. The second-order valence-corrected chi connectivity index (χ2v) is 9.14. The van der Waals surface area contributed by atoms with Gasteiger partial charge in [0.25, 0.3) is 0 Å². The predicted molar refractivity (Wildman–Crippen MR) is 132 cm³/mol. The molecule has 2 aromatic heterocycles. The van der Waals surface area contributed by atoms with Gasteiger partial charge in [0.05, 0.1) is 38.0 Å². The molecule has 42 heavy (non-hydrogen) atoms. The highest BCUT2D eigenvalue weighted by molar-refractivity contribution is 5.89. The molecule has 0 saturated heterocycles. The number of hydrogen-bond donors (Lipinski definition) is 1. The maximum Gasteiger partial charge on any atom is 0.414 e. The average Bonchev–Trinajstić information content (AvgIpc) is 3.27. The van der Waals surface area contributed by atoms with Crippen molar-refractivity contribution in [3.8, 4) is 22.6 Å². The molecular formula is C25H26F9N5O3. The first-order valence-electron chi connectivity index (χ1n) is 12.2. The van der Waals surface area contributed by atoms with Crippen LogP contribution in [0.3, 0.4) is 0 Å². The fourth-order valence-electron chi connectivity index (χ4n) is 4.31. The van der Waals surface area contributed by atoms with Gasteiger partial charge in [0.15, 0.2) is 6.04 Å². The van der Waals surface area contributed by atoms with Gasteiger partial charge in [-0.15, -0.1) is 0 Å². The number of rotatable bonds is 9. The van der Waals surface area contributed by atoms with Crippen LogP contribution in [0.4, 0.5) is 44.3 Å². The molecule has 2 atom stereocenters. The molecule has 3 aromatic rings. The summed E-state index contributed by atoms with van der Waals surface area (Å²) in [6.45, 7) is 0.306. The molecule has 17 heteroatoms. The van der Waals surface area contributed by atoms with E-state index in [-0.39, 0.29) is 22.0 Å². The molecule has 2 unspecified atom stereocenters. The molecule has 0 radical (unpaired) electrons. The second-order valence-electron chi connectivity index (χ2n) is 9.14. The normalized spacial score (nSPS) is 14.0.